The first kappa shape index (κ1) is 15.5. The van der Waals surface area contributed by atoms with Gasteiger partial charge < -0.3 is 14.7 Å². The third kappa shape index (κ3) is 24.5. The summed E-state index contributed by atoms with van der Waals surface area (Å²) in [5, 5.41) is 16.0. The molecule has 4 nitrogen and oxygen atoms in total. The molecule has 0 amide bonds. The molecule has 0 aromatic rings. The Bertz CT molecular complexity index is 155. The molecule has 0 aromatic heterocycles. The fraction of sp³-hybridized carbons (Fsp3) is 1.00. The molecule has 6 heteroatoms. The maximum absolute atomic E-state index is 12.0. The first-order valence-corrected chi connectivity index (χ1v) is 5.89. The molecular weight excluding hydrogens is 198 g/mol. The van der Waals surface area contributed by atoms with Crippen LogP contribution in [0.3, 0.4) is 0 Å². The molecule has 0 saturated carbocycles. The quantitative estimate of drug-likeness (QED) is 0.702. The Labute approximate surface area is 78.3 Å². The molecular formula is C7H18FO4P. The van der Waals surface area contributed by atoms with Crippen LogP contribution in [-0.4, -0.2) is 35.7 Å². The summed E-state index contributed by atoms with van der Waals surface area (Å²) in [5.41, 5.74) is 0. The molecule has 0 aliphatic heterocycles. The van der Waals surface area contributed by atoms with Gasteiger partial charge in [0.2, 0.25) is 0 Å². The van der Waals surface area contributed by atoms with Gasteiger partial charge in [-0.05, 0) is 20.8 Å². The highest BCUT2D eigenvalue weighted by Gasteiger charge is 2.13. The molecule has 0 radical (unpaired) electrons. The summed E-state index contributed by atoms with van der Waals surface area (Å²) in [7, 11) is -3.72. The Hall–Kier alpha value is 0.0400. The SMILES string of the molecule is CC(C)OP(C)(=O)F.CC(O)CO. The second-order valence-corrected chi connectivity index (χ2v) is 4.64. The lowest BCUT2D eigenvalue weighted by Gasteiger charge is -2.06. The number of hydrogen-bond acceptors (Lipinski definition) is 4. The van der Waals surface area contributed by atoms with Crippen molar-refractivity contribution >= 4 is 7.68 Å². The van der Waals surface area contributed by atoms with Crippen LogP contribution < -0.4 is 0 Å². The highest BCUT2D eigenvalue weighted by Crippen LogP contribution is 2.44. The molecule has 2 atom stereocenters. The van der Waals surface area contributed by atoms with Crippen LogP contribution in [0.15, 0.2) is 0 Å². The number of hydrogen-bond donors (Lipinski definition) is 2. The minimum Gasteiger partial charge on any atom is -0.394 e. The number of rotatable bonds is 3. The predicted molar refractivity (Wildman–Crippen MR) is 49.6 cm³/mol. The summed E-state index contributed by atoms with van der Waals surface area (Å²) in [5.74, 6) is 0. The lowest BCUT2D eigenvalue weighted by Crippen LogP contribution is -2.03. The van der Waals surface area contributed by atoms with E-state index in [4.69, 9.17) is 10.2 Å². The molecule has 0 aromatic carbocycles. The summed E-state index contributed by atoms with van der Waals surface area (Å²) in [6.45, 7) is 5.61. The van der Waals surface area contributed by atoms with Gasteiger partial charge in [0.25, 0.3) is 0 Å². The zero-order chi connectivity index (χ0) is 11.1. The highest BCUT2D eigenvalue weighted by molar-refractivity contribution is 7.52. The monoisotopic (exact) mass is 216 g/mol. The van der Waals surface area contributed by atoms with E-state index >= 15 is 0 Å². The van der Waals surface area contributed by atoms with Crippen molar-refractivity contribution in [3.05, 3.63) is 0 Å². The van der Waals surface area contributed by atoms with Crippen molar-refractivity contribution in [1.29, 1.82) is 0 Å². The topological polar surface area (TPSA) is 66.8 Å². The molecule has 0 spiro atoms. The van der Waals surface area contributed by atoms with Crippen LogP contribution in [0.25, 0.3) is 0 Å². The molecule has 2 N–H and O–H groups in total. The molecule has 0 heterocycles. The maximum Gasteiger partial charge on any atom is 0.364 e. The zero-order valence-electron chi connectivity index (χ0n) is 8.40. The summed E-state index contributed by atoms with van der Waals surface area (Å²) >= 11 is 0. The van der Waals surface area contributed by atoms with Gasteiger partial charge in [0.05, 0.1) is 18.8 Å². The summed E-state index contributed by atoms with van der Waals surface area (Å²) in [6, 6.07) is 0. The van der Waals surface area contributed by atoms with E-state index in [1.165, 1.54) is 6.92 Å². The maximum atomic E-state index is 12.0. The summed E-state index contributed by atoms with van der Waals surface area (Å²) in [4.78, 5) is 0. The van der Waals surface area contributed by atoms with Crippen molar-refractivity contribution in [2.24, 2.45) is 0 Å². The fourth-order valence-electron chi connectivity index (χ4n) is 0.377. The largest absolute Gasteiger partial charge is 0.394 e. The van der Waals surface area contributed by atoms with Gasteiger partial charge in [-0.15, -0.1) is 0 Å². The van der Waals surface area contributed by atoms with Gasteiger partial charge in [-0.2, -0.15) is 4.20 Å². The van der Waals surface area contributed by atoms with Gasteiger partial charge in [0, 0.05) is 6.66 Å². The summed E-state index contributed by atoms with van der Waals surface area (Å²) < 4.78 is 26.4. The van der Waals surface area contributed by atoms with Crippen LogP contribution in [0.2, 0.25) is 0 Å². The first-order chi connectivity index (χ1) is 5.69. The van der Waals surface area contributed by atoms with E-state index in [-0.39, 0.29) is 12.7 Å². The standard InChI is InChI=1S/C4H10FO2P.C3H8O2/c1-4(2)7-8(3,5)6;1-3(5)2-4/h4H,1-3H3;3-5H,2H2,1H3. The Kier molecular flexibility index (Phi) is 8.88. The lowest BCUT2D eigenvalue weighted by molar-refractivity contribution is 0.110. The van der Waals surface area contributed by atoms with E-state index in [2.05, 4.69) is 4.52 Å². The molecule has 82 valence electrons. The number of aliphatic hydroxyl groups is 2. The molecule has 2 unspecified atom stereocenters. The number of halogens is 1. The van der Waals surface area contributed by atoms with Gasteiger partial charge in [0.15, 0.2) is 0 Å². The summed E-state index contributed by atoms with van der Waals surface area (Å²) in [6.07, 6.45) is -0.856. The average molecular weight is 216 g/mol. The van der Waals surface area contributed by atoms with Crippen molar-refractivity contribution < 1.29 is 23.5 Å². The molecule has 0 aliphatic carbocycles. The molecule has 0 rings (SSSR count). The van der Waals surface area contributed by atoms with Crippen LogP contribution >= 0.6 is 7.68 Å². The molecule has 13 heavy (non-hydrogen) atoms. The van der Waals surface area contributed by atoms with Crippen molar-refractivity contribution in [3.8, 4) is 0 Å². The van der Waals surface area contributed by atoms with Gasteiger partial charge in [0.1, 0.15) is 0 Å². The second kappa shape index (κ2) is 7.44. The van der Waals surface area contributed by atoms with E-state index < -0.39 is 13.8 Å². The van der Waals surface area contributed by atoms with Crippen LogP contribution in [0.1, 0.15) is 20.8 Å². The minimum atomic E-state index is -3.72. The van der Waals surface area contributed by atoms with E-state index in [9.17, 15) is 8.76 Å². The molecule has 0 aliphatic rings. The van der Waals surface area contributed by atoms with Crippen molar-refractivity contribution in [3.63, 3.8) is 0 Å². The van der Waals surface area contributed by atoms with Crippen LogP contribution in [0.4, 0.5) is 4.20 Å². The molecule has 0 saturated heterocycles. The van der Waals surface area contributed by atoms with Gasteiger partial charge in [-0.25, -0.2) is 0 Å². The van der Waals surface area contributed by atoms with Crippen LogP contribution in [-0.2, 0) is 9.09 Å². The lowest BCUT2D eigenvalue weighted by atomic mass is 10.5. The van der Waals surface area contributed by atoms with Crippen molar-refractivity contribution in [2.75, 3.05) is 13.3 Å². The third-order valence-electron chi connectivity index (χ3n) is 0.663. The second-order valence-electron chi connectivity index (χ2n) is 2.93. The van der Waals surface area contributed by atoms with Crippen molar-refractivity contribution in [2.45, 2.75) is 33.0 Å². The first-order valence-electron chi connectivity index (χ1n) is 3.93. The van der Waals surface area contributed by atoms with Crippen molar-refractivity contribution in [1.82, 2.24) is 0 Å². The predicted octanol–water partition coefficient (Wildman–Crippen LogP) is 1.56. The highest BCUT2D eigenvalue weighted by atomic mass is 31.2. The third-order valence-corrected chi connectivity index (χ3v) is 1.46. The van der Waals surface area contributed by atoms with Gasteiger partial charge in [-0.1, -0.05) is 0 Å². The minimum absolute atomic E-state index is 0.139. The van der Waals surface area contributed by atoms with E-state index in [1.54, 1.807) is 13.8 Å². The normalized spacial score (nSPS) is 17.2. The van der Waals surface area contributed by atoms with E-state index in [0.29, 0.717) is 0 Å². The zero-order valence-corrected chi connectivity index (χ0v) is 9.29. The van der Waals surface area contributed by atoms with Crippen LogP contribution in [0.5, 0.6) is 0 Å². The molecule has 0 bridgehead atoms. The Morgan fingerprint density at radius 3 is 1.77 bits per heavy atom. The van der Waals surface area contributed by atoms with Crippen LogP contribution in [0, 0.1) is 0 Å². The Morgan fingerprint density at radius 2 is 1.77 bits per heavy atom. The van der Waals surface area contributed by atoms with Gasteiger partial charge >= 0.3 is 7.68 Å². The Balaban J connectivity index is 0. The smallest absolute Gasteiger partial charge is 0.364 e. The molecule has 0 fully saturated rings. The number of aliphatic hydroxyl groups excluding tert-OH is 2. The van der Waals surface area contributed by atoms with E-state index in [1.807, 2.05) is 0 Å². The fourth-order valence-corrected chi connectivity index (χ4v) is 1.13. The van der Waals surface area contributed by atoms with Gasteiger partial charge in [-0.3, -0.25) is 4.57 Å². The Morgan fingerprint density at radius 1 is 1.46 bits per heavy atom. The van der Waals surface area contributed by atoms with E-state index in [0.717, 1.165) is 6.66 Å². The average Bonchev–Trinajstić information content (AvgIpc) is 1.83.